The molecule has 0 bridgehead atoms. The zero-order chi connectivity index (χ0) is 34.4. The summed E-state index contributed by atoms with van der Waals surface area (Å²) in [5.41, 5.74) is -4.75. The van der Waals surface area contributed by atoms with Crippen LogP contribution in [0.1, 0.15) is 47.1 Å². The molecule has 0 spiro atoms. The summed E-state index contributed by atoms with van der Waals surface area (Å²) in [6.45, 7) is 11.8. The van der Waals surface area contributed by atoms with Crippen LogP contribution >= 0.6 is 24.6 Å². The summed E-state index contributed by atoms with van der Waals surface area (Å²) < 4.78 is 85.6. The Kier molecular flexibility index (Phi) is 16.1. The van der Waals surface area contributed by atoms with Crippen LogP contribution in [-0.4, -0.2) is 55.6 Å². The van der Waals surface area contributed by atoms with E-state index in [1.165, 1.54) is 13.2 Å². The number of hydrogen-bond donors (Lipinski definition) is 3. The van der Waals surface area contributed by atoms with Gasteiger partial charge in [0, 0.05) is 4.90 Å². The van der Waals surface area contributed by atoms with Crippen molar-refractivity contribution in [2.24, 2.45) is 5.92 Å². The predicted octanol–water partition coefficient (Wildman–Crippen LogP) is 7.50. The maximum Gasteiger partial charge on any atom is 0.534 e. The number of ether oxygens (including phenoxy) is 3. The first-order valence-electron chi connectivity index (χ1n) is 13.4. The number of alkyl halides is 3. The number of benzene rings is 2. The van der Waals surface area contributed by atoms with Crippen molar-refractivity contribution in [3.63, 3.8) is 0 Å². The minimum absolute atomic E-state index is 0.0891. The summed E-state index contributed by atoms with van der Waals surface area (Å²) in [6, 6.07) is 12.7. The van der Waals surface area contributed by atoms with Crippen molar-refractivity contribution >= 4 is 40.5 Å². The number of hydrogen-bond acceptors (Lipinski definition) is 12. The first-order valence-corrected chi connectivity index (χ1v) is 16.6. The maximum absolute atomic E-state index is 13.0. The molecule has 2 aromatic carbocycles. The second-order valence-electron chi connectivity index (χ2n) is 10.5. The molecule has 0 fully saturated rings. The van der Waals surface area contributed by atoms with E-state index in [9.17, 15) is 26.7 Å². The van der Waals surface area contributed by atoms with Crippen LogP contribution in [0.3, 0.4) is 0 Å². The highest BCUT2D eigenvalue weighted by Crippen LogP contribution is 2.42. The standard InChI is InChI=1S/C24H26F3N3O7S2.C4H10.CH4S/c1-23(2,3)15-9-11-16(12-10-15)38-30-20-19(36-18-8-6-5-7-17(18)34-4)21(35-14-13-31)29-22(28-20)37-39(32,33)24(25,26)27;1-4(2)3;1-2/h5-12,31H,13-14H2,1-4H3,(H,28,29,30);4H,1-3H3;2H,1H3. The number of nitrogens with zero attached hydrogens (tertiary/aromatic N) is 2. The average molecular weight is 696 g/mol. The van der Waals surface area contributed by atoms with Crippen LogP contribution in [-0.2, 0) is 15.5 Å². The van der Waals surface area contributed by atoms with Crippen molar-refractivity contribution in [1.82, 2.24) is 9.97 Å². The maximum atomic E-state index is 13.0. The van der Waals surface area contributed by atoms with Crippen LogP contribution in [0, 0.1) is 5.92 Å². The van der Waals surface area contributed by atoms with E-state index in [2.05, 4.69) is 73.0 Å². The Morgan fingerprint density at radius 2 is 1.53 bits per heavy atom. The predicted molar refractivity (Wildman–Crippen MR) is 173 cm³/mol. The molecule has 0 saturated carbocycles. The van der Waals surface area contributed by atoms with Gasteiger partial charge in [-0.3, -0.25) is 0 Å². The number of anilines is 1. The molecule has 10 nitrogen and oxygen atoms in total. The van der Waals surface area contributed by atoms with E-state index in [1.807, 2.05) is 24.3 Å². The summed E-state index contributed by atoms with van der Waals surface area (Å²) in [5.74, 6) is 0.284. The Morgan fingerprint density at radius 3 is 2.02 bits per heavy atom. The van der Waals surface area contributed by atoms with E-state index in [0.29, 0.717) is 10.6 Å². The molecule has 16 heteroatoms. The first-order chi connectivity index (χ1) is 21.0. The molecule has 0 aliphatic heterocycles. The number of aliphatic hydroxyl groups is 1. The lowest BCUT2D eigenvalue weighted by atomic mass is 9.87. The van der Waals surface area contributed by atoms with Crippen molar-refractivity contribution in [2.75, 3.05) is 31.3 Å². The van der Waals surface area contributed by atoms with Crippen LogP contribution in [0.4, 0.5) is 19.0 Å². The summed E-state index contributed by atoms with van der Waals surface area (Å²) in [7, 11) is -4.70. The molecule has 0 aliphatic rings. The SMILES string of the molecule is CC(C)C.COc1ccccc1Oc1c(NSc2ccc(C(C)(C)C)cc2)nc(OS(=O)(=O)C(F)(F)F)nc1OCCO.CS. The van der Waals surface area contributed by atoms with Crippen LogP contribution in [0.2, 0.25) is 0 Å². The Hall–Kier alpha value is -3.08. The lowest BCUT2D eigenvalue weighted by Crippen LogP contribution is -2.28. The molecular weight excluding hydrogens is 656 g/mol. The lowest BCUT2D eigenvalue weighted by molar-refractivity contribution is -0.0503. The van der Waals surface area contributed by atoms with Crippen LogP contribution < -0.4 is 23.1 Å². The van der Waals surface area contributed by atoms with Crippen LogP contribution in [0.5, 0.6) is 29.1 Å². The highest BCUT2D eigenvalue weighted by Gasteiger charge is 2.49. The number of halogens is 3. The van der Waals surface area contributed by atoms with E-state index in [-0.39, 0.29) is 29.3 Å². The van der Waals surface area contributed by atoms with Gasteiger partial charge in [0.1, 0.15) is 6.61 Å². The Morgan fingerprint density at radius 1 is 0.978 bits per heavy atom. The minimum atomic E-state index is -6.10. The van der Waals surface area contributed by atoms with Crippen molar-refractivity contribution in [1.29, 1.82) is 0 Å². The molecule has 0 amide bonds. The van der Waals surface area contributed by atoms with Gasteiger partial charge in [-0.05, 0) is 59.4 Å². The molecule has 3 aromatic rings. The lowest BCUT2D eigenvalue weighted by Gasteiger charge is -2.19. The van der Waals surface area contributed by atoms with Gasteiger partial charge in [-0.1, -0.05) is 65.8 Å². The molecular formula is C29H40F3N3O7S3. The third-order valence-corrected chi connectivity index (χ3v) is 6.62. The van der Waals surface area contributed by atoms with Crippen LogP contribution in [0.15, 0.2) is 53.4 Å². The zero-order valence-electron chi connectivity index (χ0n) is 26.3. The molecule has 0 saturated heterocycles. The van der Waals surface area contributed by atoms with E-state index >= 15 is 0 Å². The molecule has 0 aliphatic carbocycles. The monoisotopic (exact) mass is 695 g/mol. The summed E-state index contributed by atoms with van der Waals surface area (Å²) in [5, 5.41) is 9.23. The fraction of sp³-hybridized carbons (Fsp3) is 0.448. The molecule has 0 unspecified atom stereocenters. The molecule has 1 heterocycles. The number of aliphatic hydroxyl groups excluding tert-OH is 1. The van der Waals surface area contributed by atoms with Crippen molar-refractivity contribution < 1.29 is 45.1 Å². The molecule has 0 atom stereocenters. The topological polar surface area (TPSA) is 129 Å². The quantitative estimate of drug-likeness (QED) is 0.0798. The molecule has 252 valence electrons. The summed E-state index contributed by atoms with van der Waals surface area (Å²) >= 11 is 4.54. The highest BCUT2D eigenvalue weighted by atomic mass is 32.2. The third-order valence-electron chi connectivity index (χ3n) is 4.88. The fourth-order valence-corrected chi connectivity index (χ4v) is 3.93. The van der Waals surface area contributed by atoms with Gasteiger partial charge in [0.25, 0.3) is 5.88 Å². The average Bonchev–Trinajstić information content (AvgIpc) is 2.96. The first kappa shape index (κ1) is 39.9. The van der Waals surface area contributed by atoms with Crippen molar-refractivity contribution in [3.05, 3.63) is 54.1 Å². The van der Waals surface area contributed by atoms with Gasteiger partial charge in [-0.2, -0.15) is 44.2 Å². The summed E-state index contributed by atoms with van der Waals surface area (Å²) in [4.78, 5) is 8.15. The van der Waals surface area contributed by atoms with Crippen molar-refractivity contribution in [2.45, 2.75) is 57.4 Å². The number of thiol groups is 1. The highest BCUT2D eigenvalue weighted by molar-refractivity contribution is 8.00. The zero-order valence-corrected chi connectivity index (χ0v) is 28.8. The Labute approximate surface area is 272 Å². The van der Waals surface area contributed by atoms with Gasteiger partial charge < -0.3 is 28.2 Å². The number of methoxy groups -OCH3 is 1. The number of nitrogens with one attached hydrogen (secondary N) is 1. The van der Waals surface area contributed by atoms with E-state index in [4.69, 9.17) is 14.2 Å². The van der Waals surface area contributed by atoms with Gasteiger partial charge >= 0.3 is 21.6 Å². The Balaban J connectivity index is 0.00000156. The normalized spacial score (nSPS) is 11.4. The molecule has 1 aromatic heterocycles. The van der Waals surface area contributed by atoms with Gasteiger partial charge in [0.2, 0.25) is 5.75 Å². The third kappa shape index (κ3) is 13.0. The Bertz CT molecular complexity index is 1430. The van der Waals surface area contributed by atoms with Gasteiger partial charge in [-0.25, -0.2) is 0 Å². The van der Waals surface area contributed by atoms with Gasteiger partial charge in [-0.15, -0.1) is 0 Å². The largest absolute Gasteiger partial charge is 0.534 e. The van der Waals surface area contributed by atoms with E-state index < -0.39 is 34.1 Å². The summed E-state index contributed by atoms with van der Waals surface area (Å²) in [6.07, 6.45) is 1.69. The second kappa shape index (κ2) is 18.2. The fourth-order valence-electron chi connectivity index (χ4n) is 2.94. The minimum Gasteiger partial charge on any atom is -0.493 e. The molecule has 45 heavy (non-hydrogen) atoms. The molecule has 0 radical (unpaired) electrons. The van der Waals surface area contributed by atoms with E-state index in [1.54, 1.807) is 24.5 Å². The number of para-hydroxylation sites is 2. The van der Waals surface area contributed by atoms with Crippen molar-refractivity contribution in [3.8, 4) is 29.1 Å². The van der Waals surface area contributed by atoms with Gasteiger partial charge in [0.15, 0.2) is 17.3 Å². The van der Waals surface area contributed by atoms with Gasteiger partial charge in [0.05, 0.1) is 13.7 Å². The number of aromatic nitrogens is 2. The van der Waals surface area contributed by atoms with E-state index in [0.717, 1.165) is 23.4 Å². The molecule has 3 rings (SSSR count). The smallest absolute Gasteiger partial charge is 0.493 e. The molecule has 2 N–H and O–H groups in total. The van der Waals surface area contributed by atoms with Crippen LogP contribution in [0.25, 0.3) is 0 Å². The second-order valence-corrected chi connectivity index (χ2v) is 12.9. The number of rotatable bonds is 11.